The van der Waals surface area contributed by atoms with Crippen LogP contribution in [0.25, 0.3) is 0 Å². The summed E-state index contributed by atoms with van der Waals surface area (Å²) >= 11 is 1.63. The Hall–Kier alpha value is -1.54. The van der Waals surface area contributed by atoms with Gasteiger partial charge < -0.3 is 9.30 Å². The summed E-state index contributed by atoms with van der Waals surface area (Å²) in [5, 5.41) is 9.29. The van der Waals surface area contributed by atoms with Crippen molar-refractivity contribution in [2.45, 2.75) is 37.8 Å². The lowest BCUT2D eigenvalue weighted by Gasteiger charge is -2.10. The maximum absolute atomic E-state index is 11.7. The van der Waals surface area contributed by atoms with Crippen molar-refractivity contribution in [2.75, 3.05) is 23.9 Å². The van der Waals surface area contributed by atoms with Gasteiger partial charge in [-0.1, -0.05) is 23.9 Å². The molecule has 0 amide bonds. The van der Waals surface area contributed by atoms with E-state index < -0.39 is 9.84 Å². The van der Waals surface area contributed by atoms with Gasteiger partial charge in [0.15, 0.2) is 15.0 Å². The number of thioether (sulfide) groups is 1. The Labute approximate surface area is 159 Å². The van der Waals surface area contributed by atoms with E-state index in [0.29, 0.717) is 13.0 Å². The van der Waals surface area contributed by atoms with Crippen LogP contribution in [0.4, 0.5) is 0 Å². The van der Waals surface area contributed by atoms with Crippen molar-refractivity contribution in [3.05, 3.63) is 35.2 Å². The van der Waals surface area contributed by atoms with Crippen LogP contribution in [0.15, 0.2) is 23.4 Å². The summed E-state index contributed by atoms with van der Waals surface area (Å²) in [5.41, 5.74) is 2.34. The molecule has 26 heavy (non-hydrogen) atoms. The lowest BCUT2D eigenvalue weighted by Crippen LogP contribution is -2.09. The van der Waals surface area contributed by atoms with E-state index in [1.165, 1.54) is 5.56 Å². The van der Waals surface area contributed by atoms with Gasteiger partial charge in [0.05, 0.1) is 18.1 Å². The normalized spacial score (nSPS) is 19.0. The van der Waals surface area contributed by atoms with Crippen molar-refractivity contribution >= 4 is 21.6 Å². The van der Waals surface area contributed by atoms with Gasteiger partial charge in [-0.3, -0.25) is 0 Å². The molecule has 1 atom stereocenters. The first-order valence-electron chi connectivity index (χ1n) is 8.78. The van der Waals surface area contributed by atoms with Gasteiger partial charge in [0, 0.05) is 18.7 Å². The van der Waals surface area contributed by atoms with Crippen LogP contribution >= 0.6 is 11.8 Å². The largest absolute Gasteiger partial charge is 0.493 e. The van der Waals surface area contributed by atoms with Crippen LogP contribution in [0.2, 0.25) is 0 Å². The van der Waals surface area contributed by atoms with Crippen LogP contribution in [0, 0.1) is 13.8 Å². The molecule has 1 fully saturated rings. The number of nitrogens with zero attached hydrogens (tertiary/aromatic N) is 3. The van der Waals surface area contributed by atoms with Crippen LogP contribution in [-0.4, -0.2) is 47.0 Å². The number of rotatable bonds is 7. The Balaban J connectivity index is 1.48. The number of hydrogen-bond donors (Lipinski definition) is 0. The Morgan fingerprint density at radius 2 is 2.12 bits per heavy atom. The minimum atomic E-state index is -2.91. The SMILES string of the molecule is Cc1ccc(C)c(OCCCSc2nnc(C3CCS(=O)(=O)C3)n2C)c1. The summed E-state index contributed by atoms with van der Waals surface area (Å²) in [5.74, 6) is 3.01. The topological polar surface area (TPSA) is 74.1 Å². The van der Waals surface area contributed by atoms with Crippen LogP contribution in [0.3, 0.4) is 0 Å². The number of benzene rings is 1. The summed E-state index contributed by atoms with van der Waals surface area (Å²) in [6, 6.07) is 6.22. The molecule has 1 aromatic carbocycles. The van der Waals surface area contributed by atoms with Crippen molar-refractivity contribution in [2.24, 2.45) is 7.05 Å². The number of hydrogen-bond acceptors (Lipinski definition) is 6. The second-order valence-electron chi connectivity index (χ2n) is 6.82. The first-order valence-corrected chi connectivity index (χ1v) is 11.6. The van der Waals surface area contributed by atoms with E-state index in [-0.39, 0.29) is 17.4 Å². The summed E-state index contributed by atoms with van der Waals surface area (Å²) in [7, 11) is -1.00. The molecule has 0 N–H and O–H groups in total. The zero-order valence-electron chi connectivity index (χ0n) is 15.4. The second kappa shape index (κ2) is 8.00. The summed E-state index contributed by atoms with van der Waals surface area (Å²) in [6.07, 6.45) is 1.54. The number of aryl methyl sites for hydroxylation is 2. The van der Waals surface area contributed by atoms with Gasteiger partial charge in [-0.05, 0) is 43.9 Å². The van der Waals surface area contributed by atoms with Crippen molar-refractivity contribution < 1.29 is 13.2 Å². The molecule has 6 nitrogen and oxygen atoms in total. The van der Waals surface area contributed by atoms with Gasteiger partial charge in [-0.2, -0.15) is 0 Å². The molecular weight excluding hydrogens is 370 g/mol. The highest BCUT2D eigenvalue weighted by Gasteiger charge is 2.32. The lowest BCUT2D eigenvalue weighted by atomic mass is 10.1. The van der Waals surface area contributed by atoms with Crippen LogP contribution in [0.5, 0.6) is 5.75 Å². The van der Waals surface area contributed by atoms with Crippen LogP contribution in [0.1, 0.15) is 35.7 Å². The van der Waals surface area contributed by atoms with Crippen molar-refractivity contribution in [3.63, 3.8) is 0 Å². The Bertz CT molecular complexity index is 878. The number of ether oxygens (including phenoxy) is 1. The predicted molar refractivity (Wildman–Crippen MR) is 104 cm³/mol. The monoisotopic (exact) mass is 395 g/mol. The minimum absolute atomic E-state index is 0.0283. The molecule has 1 aromatic heterocycles. The van der Waals surface area contributed by atoms with Gasteiger partial charge in [0.25, 0.3) is 0 Å². The molecule has 1 unspecified atom stereocenters. The van der Waals surface area contributed by atoms with E-state index in [1.54, 1.807) is 11.8 Å². The Morgan fingerprint density at radius 1 is 1.31 bits per heavy atom. The molecule has 1 aliphatic heterocycles. The lowest BCUT2D eigenvalue weighted by molar-refractivity contribution is 0.316. The quantitative estimate of drug-likeness (QED) is 0.530. The molecule has 0 aliphatic carbocycles. The third-order valence-electron chi connectivity index (χ3n) is 4.59. The number of aromatic nitrogens is 3. The molecule has 0 saturated carbocycles. The van der Waals surface area contributed by atoms with Gasteiger partial charge in [0.2, 0.25) is 0 Å². The third kappa shape index (κ3) is 4.59. The zero-order valence-corrected chi connectivity index (χ0v) is 17.1. The average molecular weight is 396 g/mol. The van der Waals surface area contributed by atoms with Gasteiger partial charge >= 0.3 is 0 Å². The fourth-order valence-electron chi connectivity index (χ4n) is 3.07. The fourth-order valence-corrected chi connectivity index (χ4v) is 5.64. The average Bonchev–Trinajstić information content (AvgIpc) is 3.12. The molecular formula is C18H25N3O3S2. The molecule has 142 valence electrons. The van der Waals surface area contributed by atoms with E-state index in [0.717, 1.165) is 34.5 Å². The molecule has 0 bridgehead atoms. The Morgan fingerprint density at radius 3 is 2.85 bits per heavy atom. The van der Waals surface area contributed by atoms with Crippen molar-refractivity contribution in [3.8, 4) is 5.75 Å². The summed E-state index contributed by atoms with van der Waals surface area (Å²) in [6.45, 7) is 4.76. The highest BCUT2D eigenvalue weighted by molar-refractivity contribution is 7.99. The maximum atomic E-state index is 11.7. The minimum Gasteiger partial charge on any atom is -0.493 e. The molecule has 3 rings (SSSR count). The van der Waals surface area contributed by atoms with Gasteiger partial charge in [-0.15, -0.1) is 10.2 Å². The summed E-state index contributed by atoms with van der Waals surface area (Å²) < 4.78 is 31.1. The predicted octanol–water partition coefficient (Wildman–Crippen LogP) is 2.90. The van der Waals surface area contributed by atoms with Gasteiger partial charge in [-0.25, -0.2) is 8.42 Å². The highest BCUT2D eigenvalue weighted by atomic mass is 32.2. The summed E-state index contributed by atoms with van der Waals surface area (Å²) in [4.78, 5) is 0. The second-order valence-corrected chi connectivity index (χ2v) is 10.1. The molecule has 0 radical (unpaired) electrons. The fraction of sp³-hybridized carbons (Fsp3) is 0.556. The van der Waals surface area contributed by atoms with E-state index in [2.05, 4.69) is 35.3 Å². The van der Waals surface area contributed by atoms with Gasteiger partial charge in [0.1, 0.15) is 11.6 Å². The molecule has 1 aliphatic rings. The smallest absolute Gasteiger partial charge is 0.190 e. The molecule has 2 heterocycles. The molecule has 0 spiro atoms. The molecule has 1 saturated heterocycles. The third-order valence-corrected chi connectivity index (χ3v) is 7.46. The zero-order chi connectivity index (χ0) is 18.7. The van der Waals surface area contributed by atoms with E-state index in [4.69, 9.17) is 4.74 Å². The van der Waals surface area contributed by atoms with Crippen LogP contribution in [-0.2, 0) is 16.9 Å². The Kier molecular flexibility index (Phi) is 5.92. The van der Waals surface area contributed by atoms with Crippen LogP contribution < -0.4 is 4.74 Å². The maximum Gasteiger partial charge on any atom is 0.190 e. The van der Waals surface area contributed by atoms with Crippen molar-refractivity contribution in [1.29, 1.82) is 0 Å². The number of sulfone groups is 1. The molecule has 8 heteroatoms. The first-order chi connectivity index (χ1) is 12.4. The first kappa shape index (κ1) is 19.2. The van der Waals surface area contributed by atoms with E-state index in [1.807, 2.05) is 18.5 Å². The molecule has 2 aromatic rings. The highest BCUT2D eigenvalue weighted by Crippen LogP contribution is 2.29. The standard InChI is InChI=1S/C18H25N3O3S2/c1-13-5-6-14(2)16(11-13)24-8-4-9-25-18-20-19-17(21(18)3)15-7-10-26(22,23)12-15/h5-6,11,15H,4,7-10,12H2,1-3H3. The van der Waals surface area contributed by atoms with E-state index >= 15 is 0 Å². The van der Waals surface area contributed by atoms with Crippen molar-refractivity contribution in [1.82, 2.24) is 14.8 Å². The van der Waals surface area contributed by atoms with E-state index in [9.17, 15) is 8.42 Å².